The van der Waals surface area contributed by atoms with Crippen molar-refractivity contribution in [2.24, 2.45) is 0 Å². The summed E-state index contributed by atoms with van der Waals surface area (Å²) in [6.07, 6.45) is 0.595. The molecule has 8 heteroatoms. The fourth-order valence-electron chi connectivity index (χ4n) is 4.54. The standard InChI is InChI=1S/C27H31FN2O5/c1-18(2)35-20-10-8-19(9-11-20)25(31)23-24(21-6-3-4-7-22(21)28)30(27(33)26(23)32)13-5-12-29-14-16-34-17-15-29/h3-4,6-11,18,24,31H,5,12-17H2,1-2H3. The van der Waals surface area contributed by atoms with Crippen LogP contribution >= 0.6 is 0 Å². The molecule has 2 aliphatic rings. The summed E-state index contributed by atoms with van der Waals surface area (Å²) in [5, 5.41) is 11.1. The van der Waals surface area contributed by atoms with Crippen LogP contribution in [-0.4, -0.2) is 72.1 Å². The van der Waals surface area contributed by atoms with Crippen molar-refractivity contribution in [1.82, 2.24) is 9.80 Å². The molecule has 0 radical (unpaired) electrons. The van der Waals surface area contributed by atoms with Crippen molar-refractivity contribution in [2.75, 3.05) is 39.4 Å². The van der Waals surface area contributed by atoms with Gasteiger partial charge in [-0.15, -0.1) is 0 Å². The third kappa shape index (κ3) is 5.55. The minimum atomic E-state index is -1.01. The first kappa shape index (κ1) is 24.9. The SMILES string of the molecule is CC(C)Oc1ccc(C(O)=C2C(=O)C(=O)N(CCCN3CCOCC3)C2c2ccccc2F)cc1. The van der Waals surface area contributed by atoms with E-state index in [1.165, 1.54) is 11.0 Å². The zero-order valence-corrected chi connectivity index (χ0v) is 20.1. The normalized spacial score (nSPS) is 20.6. The predicted octanol–water partition coefficient (Wildman–Crippen LogP) is 3.76. The minimum Gasteiger partial charge on any atom is -0.507 e. The van der Waals surface area contributed by atoms with Crippen molar-refractivity contribution >= 4 is 17.4 Å². The molecule has 1 unspecified atom stereocenters. The lowest BCUT2D eigenvalue weighted by Gasteiger charge is -2.29. The number of likely N-dealkylation sites (tertiary alicyclic amines) is 1. The van der Waals surface area contributed by atoms with Crippen LogP contribution in [0, 0.1) is 5.82 Å². The number of rotatable bonds is 8. The number of ether oxygens (including phenoxy) is 2. The number of carbonyl (C=O) groups excluding carboxylic acids is 2. The molecule has 1 amide bonds. The summed E-state index contributed by atoms with van der Waals surface area (Å²) < 4.78 is 25.9. The van der Waals surface area contributed by atoms with Crippen LogP contribution in [0.25, 0.3) is 5.76 Å². The van der Waals surface area contributed by atoms with Crippen molar-refractivity contribution in [3.05, 3.63) is 71.0 Å². The van der Waals surface area contributed by atoms with Gasteiger partial charge in [-0.3, -0.25) is 14.5 Å². The molecule has 0 aliphatic carbocycles. The molecule has 1 N–H and O–H groups in total. The van der Waals surface area contributed by atoms with Crippen molar-refractivity contribution < 1.29 is 28.6 Å². The molecule has 2 aromatic carbocycles. The van der Waals surface area contributed by atoms with E-state index >= 15 is 0 Å². The number of Topliss-reactive ketones (excluding diaryl/α,β-unsaturated/α-hetero) is 1. The van der Waals surface area contributed by atoms with Crippen molar-refractivity contribution in [3.8, 4) is 5.75 Å². The summed E-state index contributed by atoms with van der Waals surface area (Å²) in [5.41, 5.74) is 0.428. The third-order valence-corrected chi connectivity index (χ3v) is 6.22. The Bertz CT molecular complexity index is 1090. The van der Waals surface area contributed by atoms with Gasteiger partial charge in [-0.1, -0.05) is 18.2 Å². The molecule has 2 aromatic rings. The van der Waals surface area contributed by atoms with Gasteiger partial charge in [0.2, 0.25) is 0 Å². The van der Waals surface area contributed by atoms with Gasteiger partial charge in [-0.2, -0.15) is 0 Å². The maximum Gasteiger partial charge on any atom is 0.295 e. The molecule has 35 heavy (non-hydrogen) atoms. The molecule has 2 fully saturated rings. The Morgan fingerprint density at radius 2 is 1.77 bits per heavy atom. The van der Waals surface area contributed by atoms with Crippen LogP contribution in [0.5, 0.6) is 5.75 Å². The lowest BCUT2D eigenvalue weighted by Crippen LogP contribution is -2.39. The van der Waals surface area contributed by atoms with Gasteiger partial charge >= 0.3 is 0 Å². The molecule has 186 valence electrons. The van der Waals surface area contributed by atoms with E-state index in [0.29, 0.717) is 30.9 Å². The Labute approximate surface area is 204 Å². The number of aliphatic hydroxyl groups excluding tert-OH is 1. The second-order valence-electron chi connectivity index (χ2n) is 9.01. The highest BCUT2D eigenvalue weighted by atomic mass is 19.1. The molecule has 2 heterocycles. The van der Waals surface area contributed by atoms with Crippen LogP contribution in [0.4, 0.5) is 4.39 Å². The highest BCUT2D eigenvalue weighted by Crippen LogP contribution is 2.40. The Balaban J connectivity index is 1.66. The van der Waals surface area contributed by atoms with Gasteiger partial charge in [0.15, 0.2) is 0 Å². The molecule has 0 saturated carbocycles. The Hall–Kier alpha value is -3.23. The average molecular weight is 483 g/mol. The lowest BCUT2D eigenvalue weighted by molar-refractivity contribution is -0.140. The van der Waals surface area contributed by atoms with E-state index in [2.05, 4.69) is 4.90 Å². The summed E-state index contributed by atoms with van der Waals surface area (Å²) >= 11 is 0. The zero-order chi connectivity index (χ0) is 24.9. The number of benzene rings is 2. The number of aliphatic hydroxyl groups is 1. The van der Waals surface area contributed by atoms with E-state index < -0.39 is 23.5 Å². The number of hydrogen-bond donors (Lipinski definition) is 1. The molecule has 0 spiro atoms. The number of halogens is 1. The van der Waals surface area contributed by atoms with Gasteiger partial charge in [0.05, 0.1) is 30.9 Å². The number of carbonyl (C=O) groups is 2. The predicted molar refractivity (Wildman–Crippen MR) is 129 cm³/mol. The Morgan fingerprint density at radius 3 is 2.43 bits per heavy atom. The number of hydrogen-bond acceptors (Lipinski definition) is 6. The average Bonchev–Trinajstić information content (AvgIpc) is 3.09. The largest absolute Gasteiger partial charge is 0.507 e. The second-order valence-corrected chi connectivity index (χ2v) is 9.01. The van der Waals surface area contributed by atoms with E-state index in [1.807, 2.05) is 13.8 Å². The minimum absolute atomic E-state index is 0.0155. The maximum absolute atomic E-state index is 14.9. The third-order valence-electron chi connectivity index (χ3n) is 6.22. The molecule has 2 saturated heterocycles. The molecular formula is C27H31FN2O5. The van der Waals surface area contributed by atoms with E-state index in [4.69, 9.17) is 9.47 Å². The van der Waals surface area contributed by atoms with Crippen LogP contribution in [0.15, 0.2) is 54.1 Å². The summed E-state index contributed by atoms with van der Waals surface area (Å²) in [6, 6.07) is 11.7. The van der Waals surface area contributed by atoms with Gasteiger partial charge in [-0.25, -0.2) is 4.39 Å². The summed E-state index contributed by atoms with van der Waals surface area (Å²) in [5.74, 6) is -1.80. The van der Waals surface area contributed by atoms with Crippen molar-refractivity contribution in [3.63, 3.8) is 0 Å². The zero-order valence-electron chi connectivity index (χ0n) is 20.1. The molecule has 0 bridgehead atoms. The molecule has 4 rings (SSSR count). The monoisotopic (exact) mass is 482 g/mol. The smallest absolute Gasteiger partial charge is 0.295 e. The lowest BCUT2D eigenvalue weighted by atomic mass is 9.95. The molecule has 2 aliphatic heterocycles. The fourth-order valence-corrected chi connectivity index (χ4v) is 4.54. The van der Waals surface area contributed by atoms with Gasteiger partial charge in [0.1, 0.15) is 17.3 Å². The van der Waals surface area contributed by atoms with Crippen LogP contribution in [0.2, 0.25) is 0 Å². The first-order chi connectivity index (χ1) is 16.9. The van der Waals surface area contributed by atoms with E-state index in [9.17, 15) is 19.1 Å². The molecule has 0 aromatic heterocycles. The van der Waals surface area contributed by atoms with Crippen LogP contribution in [0.1, 0.15) is 37.4 Å². The van der Waals surface area contributed by atoms with Gasteiger partial charge < -0.3 is 19.5 Å². The van der Waals surface area contributed by atoms with E-state index in [1.54, 1.807) is 42.5 Å². The molecule has 1 atom stereocenters. The van der Waals surface area contributed by atoms with Crippen molar-refractivity contribution in [2.45, 2.75) is 32.4 Å². The summed E-state index contributed by atoms with van der Waals surface area (Å²) in [4.78, 5) is 29.8. The van der Waals surface area contributed by atoms with E-state index in [-0.39, 0.29) is 29.5 Å². The van der Waals surface area contributed by atoms with Gasteiger partial charge in [-0.05, 0) is 50.6 Å². The maximum atomic E-state index is 14.9. The fraction of sp³-hybridized carbons (Fsp3) is 0.407. The quantitative estimate of drug-likeness (QED) is 0.351. The van der Waals surface area contributed by atoms with Crippen LogP contribution < -0.4 is 4.74 Å². The highest BCUT2D eigenvalue weighted by molar-refractivity contribution is 6.46. The number of amides is 1. The second kappa shape index (κ2) is 11.0. The van der Waals surface area contributed by atoms with Crippen molar-refractivity contribution in [1.29, 1.82) is 0 Å². The first-order valence-corrected chi connectivity index (χ1v) is 12.0. The van der Waals surface area contributed by atoms with Crippen LogP contribution in [-0.2, 0) is 14.3 Å². The van der Waals surface area contributed by atoms with E-state index in [0.717, 1.165) is 19.6 Å². The topological polar surface area (TPSA) is 79.3 Å². The first-order valence-electron chi connectivity index (χ1n) is 12.0. The molecule has 7 nitrogen and oxygen atoms in total. The number of ketones is 1. The molecular weight excluding hydrogens is 451 g/mol. The Morgan fingerprint density at radius 1 is 1.09 bits per heavy atom. The highest BCUT2D eigenvalue weighted by Gasteiger charge is 2.46. The summed E-state index contributed by atoms with van der Waals surface area (Å²) in [7, 11) is 0. The number of nitrogens with zero attached hydrogens (tertiary/aromatic N) is 2. The van der Waals surface area contributed by atoms with Crippen LogP contribution in [0.3, 0.4) is 0 Å². The summed E-state index contributed by atoms with van der Waals surface area (Å²) in [6.45, 7) is 7.76. The van der Waals surface area contributed by atoms with Gasteiger partial charge in [0.25, 0.3) is 11.7 Å². The number of morpholine rings is 1. The Kier molecular flexibility index (Phi) is 7.83. The van der Waals surface area contributed by atoms with Gasteiger partial charge in [0, 0.05) is 37.3 Å².